The number of aromatic nitrogens is 3. The quantitative estimate of drug-likeness (QED) is 0.174. The maximum Gasteiger partial charge on any atom is 0.228 e. The van der Waals surface area contributed by atoms with Crippen LogP contribution < -0.4 is 0 Å². The smallest absolute Gasteiger partial charge is 0.228 e. The van der Waals surface area contributed by atoms with E-state index < -0.39 is 0 Å². The molecule has 0 saturated carbocycles. The highest BCUT2D eigenvalue weighted by molar-refractivity contribution is 6.19. The Morgan fingerprint density at radius 2 is 0.885 bits per heavy atom. The van der Waals surface area contributed by atoms with Crippen molar-refractivity contribution in [3.8, 4) is 44.8 Å². The fourth-order valence-corrected chi connectivity index (χ4v) is 9.79. The molecular formula is C57H35N3O. The van der Waals surface area contributed by atoms with Crippen molar-refractivity contribution in [2.75, 3.05) is 0 Å². The molecule has 284 valence electrons. The maximum absolute atomic E-state index is 6.34. The first-order valence-electron chi connectivity index (χ1n) is 20.8. The predicted molar refractivity (Wildman–Crippen MR) is 254 cm³/mol. The molecule has 4 nitrogen and oxygen atoms in total. The molecule has 0 bridgehead atoms. The lowest BCUT2D eigenvalue weighted by molar-refractivity contribution is 0.656. The number of hydrogen-bond acceptors (Lipinski definition) is 2. The minimum Gasteiger partial charge on any atom is -0.438 e. The number of para-hydroxylation sites is 5. The third-order valence-electron chi connectivity index (χ3n) is 12.5. The standard InChI is InChI=1S/C57H35N3O/c1-2-17-41(18-3-1)59-51-26-10-6-21-44(51)48-34-38(29-31-52(48)59)39-28-30-45-43-20-5-9-25-50(43)60(53(45)35-39)42-19-13-15-37(33-42)36-14-12-16-40(32-36)55-46-22-4-8-24-49(46)58-57-56(55)47-23-7-11-27-54(47)61-57/h1-35H. The van der Waals surface area contributed by atoms with Crippen molar-refractivity contribution in [3.05, 3.63) is 212 Å². The molecule has 0 unspecified atom stereocenters. The van der Waals surface area contributed by atoms with Gasteiger partial charge in [0.1, 0.15) is 5.58 Å². The molecule has 0 fully saturated rings. The van der Waals surface area contributed by atoms with Crippen molar-refractivity contribution >= 4 is 76.6 Å². The van der Waals surface area contributed by atoms with E-state index in [0.717, 1.165) is 60.9 Å². The molecule has 4 heteroatoms. The van der Waals surface area contributed by atoms with Gasteiger partial charge in [-0.3, -0.25) is 0 Å². The number of benzene rings is 9. The van der Waals surface area contributed by atoms with E-state index in [4.69, 9.17) is 9.40 Å². The van der Waals surface area contributed by atoms with Crippen LogP contribution in [0.4, 0.5) is 0 Å². The molecule has 0 aliphatic heterocycles. The van der Waals surface area contributed by atoms with E-state index in [0.29, 0.717) is 5.71 Å². The Hall–Kier alpha value is -8.21. The average molecular weight is 778 g/mol. The second-order valence-corrected chi connectivity index (χ2v) is 15.9. The summed E-state index contributed by atoms with van der Waals surface area (Å²) in [7, 11) is 0. The van der Waals surface area contributed by atoms with Gasteiger partial charge in [-0.05, 0) is 101 Å². The van der Waals surface area contributed by atoms with E-state index in [1.165, 1.54) is 54.7 Å². The van der Waals surface area contributed by atoms with Gasteiger partial charge in [0.25, 0.3) is 0 Å². The van der Waals surface area contributed by atoms with Gasteiger partial charge in [0.05, 0.1) is 33.0 Å². The summed E-state index contributed by atoms with van der Waals surface area (Å²) in [5, 5.41) is 8.18. The van der Waals surface area contributed by atoms with Gasteiger partial charge in [-0.2, -0.15) is 0 Å². The molecule has 9 aromatic carbocycles. The predicted octanol–water partition coefficient (Wildman–Crippen LogP) is 15.3. The zero-order chi connectivity index (χ0) is 40.0. The summed E-state index contributed by atoms with van der Waals surface area (Å²) in [5.41, 5.74) is 16.4. The number of rotatable bonds is 5. The van der Waals surface area contributed by atoms with Crippen molar-refractivity contribution in [2.24, 2.45) is 0 Å². The number of pyridine rings is 1. The van der Waals surface area contributed by atoms with Crippen molar-refractivity contribution in [2.45, 2.75) is 0 Å². The van der Waals surface area contributed by atoms with Crippen LogP contribution in [0.3, 0.4) is 0 Å². The van der Waals surface area contributed by atoms with E-state index in [2.05, 4.69) is 203 Å². The third kappa shape index (κ3) is 5.16. The Labute approximate surface area is 350 Å². The zero-order valence-electron chi connectivity index (χ0n) is 33.0. The molecule has 0 aliphatic rings. The van der Waals surface area contributed by atoms with Gasteiger partial charge >= 0.3 is 0 Å². The second-order valence-electron chi connectivity index (χ2n) is 15.9. The lowest BCUT2D eigenvalue weighted by Gasteiger charge is -2.13. The largest absolute Gasteiger partial charge is 0.438 e. The van der Waals surface area contributed by atoms with E-state index in [1.807, 2.05) is 18.2 Å². The first-order chi connectivity index (χ1) is 30.2. The van der Waals surface area contributed by atoms with Crippen LogP contribution in [0.2, 0.25) is 0 Å². The van der Waals surface area contributed by atoms with E-state index in [9.17, 15) is 0 Å². The highest BCUT2D eigenvalue weighted by Crippen LogP contribution is 2.42. The Bertz CT molecular complexity index is 3890. The molecule has 61 heavy (non-hydrogen) atoms. The molecule has 13 rings (SSSR count). The van der Waals surface area contributed by atoms with Gasteiger partial charge < -0.3 is 13.6 Å². The molecule has 0 spiro atoms. The number of fused-ring (bicyclic) bond motifs is 10. The van der Waals surface area contributed by atoms with Crippen LogP contribution in [0.1, 0.15) is 0 Å². The highest BCUT2D eigenvalue weighted by atomic mass is 16.3. The number of furan rings is 1. The molecule has 0 aliphatic carbocycles. The molecule has 0 radical (unpaired) electrons. The number of nitrogens with zero attached hydrogens (tertiary/aromatic N) is 3. The first kappa shape index (κ1) is 33.7. The molecule has 0 atom stereocenters. The monoisotopic (exact) mass is 777 g/mol. The molecule has 4 heterocycles. The van der Waals surface area contributed by atoms with Crippen LogP contribution in [0.15, 0.2) is 217 Å². The summed E-state index contributed by atoms with van der Waals surface area (Å²) in [5.74, 6) is 0. The van der Waals surface area contributed by atoms with Crippen LogP contribution in [0.5, 0.6) is 0 Å². The molecule has 0 amide bonds. The first-order valence-corrected chi connectivity index (χ1v) is 20.8. The summed E-state index contributed by atoms with van der Waals surface area (Å²) in [6.07, 6.45) is 0. The SMILES string of the molecule is c1ccc(-n2c3ccccc3c3cc(-c4ccc5c6ccccc6n(-c6cccc(-c7cccc(-c8c9ccccc9nc9oc%10ccccc%10c89)c7)c6)c5c4)ccc32)cc1. The lowest BCUT2D eigenvalue weighted by atomic mass is 9.93. The number of hydrogen-bond donors (Lipinski definition) is 0. The fourth-order valence-electron chi connectivity index (χ4n) is 9.79. The molecular weight excluding hydrogens is 743 g/mol. The summed E-state index contributed by atoms with van der Waals surface area (Å²) in [4.78, 5) is 4.96. The molecule has 0 saturated heterocycles. The lowest BCUT2D eigenvalue weighted by Crippen LogP contribution is -1.95. The van der Waals surface area contributed by atoms with Gasteiger partial charge in [-0.25, -0.2) is 4.98 Å². The van der Waals surface area contributed by atoms with Crippen LogP contribution >= 0.6 is 0 Å². The Kier molecular flexibility index (Phi) is 7.27. The highest BCUT2D eigenvalue weighted by Gasteiger charge is 2.20. The fraction of sp³-hybridized carbons (Fsp3) is 0. The van der Waals surface area contributed by atoms with Gasteiger partial charge in [-0.1, -0.05) is 140 Å². The van der Waals surface area contributed by atoms with Crippen molar-refractivity contribution in [1.29, 1.82) is 0 Å². The summed E-state index contributed by atoms with van der Waals surface area (Å²) in [6, 6.07) is 76.5. The van der Waals surface area contributed by atoms with Crippen LogP contribution in [-0.4, -0.2) is 14.1 Å². The van der Waals surface area contributed by atoms with E-state index >= 15 is 0 Å². The maximum atomic E-state index is 6.34. The van der Waals surface area contributed by atoms with Gasteiger partial charge in [0.2, 0.25) is 5.71 Å². The average Bonchev–Trinajstić information content (AvgIpc) is 3.98. The summed E-state index contributed by atoms with van der Waals surface area (Å²) < 4.78 is 11.1. The third-order valence-corrected chi connectivity index (χ3v) is 12.5. The van der Waals surface area contributed by atoms with Crippen molar-refractivity contribution in [1.82, 2.24) is 14.1 Å². The summed E-state index contributed by atoms with van der Waals surface area (Å²) >= 11 is 0. The Balaban J connectivity index is 0.963. The van der Waals surface area contributed by atoms with E-state index in [-0.39, 0.29) is 0 Å². The molecule has 0 N–H and O–H groups in total. The minimum atomic E-state index is 0.659. The topological polar surface area (TPSA) is 35.9 Å². The van der Waals surface area contributed by atoms with Crippen LogP contribution in [0.25, 0.3) is 121 Å². The second kappa shape index (κ2) is 13.2. The van der Waals surface area contributed by atoms with Crippen molar-refractivity contribution < 1.29 is 4.42 Å². The van der Waals surface area contributed by atoms with Crippen LogP contribution in [-0.2, 0) is 0 Å². The van der Waals surface area contributed by atoms with Crippen molar-refractivity contribution in [3.63, 3.8) is 0 Å². The van der Waals surface area contributed by atoms with Crippen LogP contribution in [0, 0.1) is 0 Å². The van der Waals surface area contributed by atoms with Gasteiger partial charge in [0.15, 0.2) is 0 Å². The summed E-state index contributed by atoms with van der Waals surface area (Å²) in [6.45, 7) is 0. The van der Waals surface area contributed by atoms with Gasteiger partial charge in [-0.15, -0.1) is 0 Å². The molecule has 13 aromatic rings. The Morgan fingerprint density at radius 3 is 1.72 bits per heavy atom. The normalized spacial score (nSPS) is 11.9. The Morgan fingerprint density at radius 1 is 0.328 bits per heavy atom. The van der Waals surface area contributed by atoms with Gasteiger partial charge in [0, 0.05) is 49.3 Å². The van der Waals surface area contributed by atoms with E-state index in [1.54, 1.807) is 0 Å². The zero-order valence-corrected chi connectivity index (χ0v) is 33.0. The molecule has 4 aromatic heterocycles. The minimum absolute atomic E-state index is 0.659.